The zero-order valence-electron chi connectivity index (χ0n) is 7.51. The zero-order chi connectivity index (χ0) is 9.47. The van der Waals surface area contributed by atoms with Gasteiger partial charge in [0, 0.05) is 0 Å². The molecule has 2 N–H and O–H groups in total. The molecule has 1 aliphatic heterocycles. The van der Waals surface area contributed by atoms with E-state index in [4.69, 9.17) is 10.5 Å². The molecule has 2 nitrogen and oxygen atoms in total. The van der Waals surface area contributed by atoms with Crippen LogP contribution in [0.5, 0.6) is 0 Å². The minimum Gasteiger partial charge on any atom is -0.375 e. The zero-order valence-corrected chi connectivity index (χ0v) is 7.51. The minimum absolute atomic E-state index is 0.239. The van der Waals surface area contributed by atoms with Crippen LogP contribution in [0.25, 0.3) is 0 Å². The van der Waals surface area contributed by atoms with Gasteiger partial charge in [-0.3, -0.25) is 0 Å². The van der Waals surface area contributed by atoms with Gasteiger partial charge >= 0.3 is 0 Å². The summed E-state index contributed by atoms with van der Waals surface area (Å²) < 4.78 is 18.2. The predicted octanol–water partition coefficient (Wildman–Crippen LogP) is 1.53. The summed E-state index contributed by atoms with van der Waals surface area (Å²) in [5, 5.41) is 0. The number of hydrogen-bond acceptors (Lipinski definition) is 2. The highest BCUT2D eigenvalue weighted by molar-refractivity contribution is 5.34. The Morgan fingerprint density at radius 3 is 3.08 bits per heavy atom. The Morgan fingerprint density at radius 1 is 1.54 bits per heavy atom. The molecule has 1 aromatic rings. The van der Waals surface area contributed by atoms with E-state index < -0.39 is 5.54 Å². The second kappa shape index (κ2) is 2.79. The van der Waals surface area contributed by atoms with E-state index in [9.17, 15) is 4.39 Å². The van der Waals surface area contributed by atoms with E-state index in [1.807, 2.05) is 6.92 Å². The average Bonchev–Trinajstić information content (AvgIpc) is 2.06. The standard InChI is InChI=1S/C10H12FNO/c1-10(12)6-13-5-7-2-3-8(11)4-9(7)10/h2-4H,5-6,12H2,1H3. The van der Waals surface area contributed by atoms with Crippen LogP contribution in [0.3, 0.4) is 0 Å². The maximum absolute atomic E-state index is 12.9. The van der Waals surface area contributed by atoms with Crippen molar-refractivity contribution in [3.63, 3.8) is 0 Å². The molecule has 1 atom stereocenters. The van der Waals surface area contributed by atoms with Crippen molar-refractivity contribution in [3.05, 3.63) is 35.1 Å². The molecule has 3 heteroatoms. The lowest BCUT2D eigenvalue weighted by Crippen LogP contribution is -2.41. The summed E-state index contributed by atoms with van der Waals surface area (Å²) in [7, 11) is 0. The summed E-state index contributed by atoms with van der Waals surface area (Å²) in [6.07, 6.45) is 0. The topological polar surface area (TPSA) is 35.2 Å². The Bertz CT molecular complexity index is 336. The highest BCUT2D eigenvalue weighted by Gasteiger charge is 2.28. The normalized spacial score (nSPS) is 27.0. The fraction of sp³-hybridized carbons (Fsp3) is 0.400. The van der Waals surface area contributed by atoms with Crippen LogP contribution in [0.1, 0.15) is 18.1 Å². The van der Waals surface area contributed by atoms with E-state index in [1.54, 1.807) is 6.07 Å². The van der Waals surface area contributed by atoms with E-state index in [0.29, 0.717) is 13.2 Å². The van der Waals surface area contributed by atoms with Gasteiger partial charge in [-0.05, 0) is 30.2 Å². The summed E-state index contributed by atoms with van der Waals surface area (Å²) in [6, 6.07) is 4.66. The summed E-state index contributed by atoms with van der Waals surface area (Å²) in [6.45, 7) is 2.83. The van der Waals surface area contributed by atoms with Gasteiger partial charge in [0.05, 0.1) is 18.8 Å². The molecule has 0 amide bonds. The Kier molecular flexibility index (Phi) is 1.86. The third-order valence-electron chi connectivity index (χ3n) is 2.35. The third-order valence-corrected chi connectivity index (χ3v) is 2.35. The summed E-state index contributed by atoms with van der Waals surface area (Å²) in [5.41, 5.74) is 7.25. The van der Waals surface area contributed by atoms with Crippen molar-refractivity contribution in [1.29, 1.82) is 0 Å². The van der Waals surface area contributed by atoms with E-state index >= 15 is 0 Å². The van der Waals surface area contributed by atoms with E-state index in [0.717, 1.165) is 11.1 Å². The Balaban J connectivity index is 2.55. The Labute approximate surface area is 76.5 Å². The van der Waals surface area contributed by atoms with Crippen molar-refractivity contribution in [2.24, 2.45) is 5.73 Å². The monoisotopic (exact) mass is 181 g/mol. The van der Waals surface area contributed by atoms with Crippen LogP contribution in [0.4, 0.5) is 4.39 Å². The SMILES string of the molecule is CC1(N)COCc2ccc(F)cc21. The summed E-state index contributed by atoms with van der Waals surface area (Å²) in [5.74, 6) is -0.239. The molecule has 2 rings (SSSR count). The number of fused-ring (bicyclic) bond motifs is 1. The maximum atomic E-state index is 12.9. The van der Waals surface area contributed by atoms with Crippen LogP contribution >= 0.6 is 0 Å². The van der Waals surface area contributed by atoms with Crippen LogP contribution in [0, 0.1) is 5.82 Å². The first-order chi connectivity index (χ1) is 6.09. The second-order valence-electron chi connectivity index (χ2n) is 3.71. The van der Waals surface area contributed by atoms with Gasteiger partial charge in [0.1, 0.15) is 5.82 Å². The van der Waals surface area contributed by atoms with Gasteiger partial charge in [0.25, 0.3) is 0 Å². The summed E-state index contributed by atoms with van der Waals surface area (Å²) >= 11 is 0. The van der Waals surface area contributed by atoms with E-state index in [2.05, 4.69) is 0 Å². The highest BCUT2D eigenvalue weighted by atomic mass is 19.1. The minimum atomic E-state index is -0.560. The van der Waals surface area contributed by atoms with Gasteiger partial charge in [-0.2, -0.15) is 0 Å². The second-order valence-corrected chi connectivity index (χ2v) is 3.71. The largest absolute Gasteiger partial charge is 0.375 e. The smallest absolute Gasteiger partial charge is 0.123 e. The van der Waals surface area contributed by atoms with Gasteiger partial charge in [0.15, 0.2) is 0 Å². The summed E-state index contributed by atoms with van der Waals surface area (Å²) in [4.78, 5) is 0. The lowest BCUT2D eigenvalue weighted by atomic mass is 9.88. The van der Waals surface area contributed by atoms with E-state index in [-0.39, 0.29) is 5.82 Å². The van der Waals surface area contributed by atoms with Crippen molar-refractivity contribution >= 4 is 0 Å². The van der Waals surface area contributed by atoms with Gasteiger partial charge in [-0.1, -0.05) is 6.07 Å². The molecular weight excluding hydrogens is 169 g/mol. The van der Waals surface area contributed by atoms with Crippen molar-refractivity contribution < 1.29 is 9.13 Å². The molecule has 0 saturated heterocycles. The number of rotatable bonds is 0. The van der Waals surface area contributed by atoms with Crippen molar-refractivity contribution in [2.75, 3.05) is 6.61 Å². The molecular formula is C10H12FNO. The number of nitrogens with two attached hydrogens (primary N) is 1. The molecule has 0 aromatic heterocycles. The van der Waals surface area contributed by atoms with Crippen LogP contribution in [0.2, 0.25) is 0 Å². The molecule has 13 heavy (non-hydrogen) atoms. The lowest BCUT2D eigenvalue weighted by Gasteiger charge is -2.32. The molecule has 0 spiro atoms. The van der Waals surface area contributed by atoms with Gasteiger partial charge < -0.3 is 10.5 Å². The van der Waals surface area contributed by atoms with Gasteiger partial charge in [-0.15, -0.1) is 0 Å². The molecule has 0 fully saturated rings. The molecule has 0 radical (unpaired) electrons. The number of halogens is 1. The molecule has 0 aliphatic carbocycles. The van der Waals surface area contributed by atoms with Gasteiger partial charge in [-0.25, -0.2) is 4.39 Å². The predicted molar refractivity (Wildman–Crippen MR) is 47.6 cm³/mol. The number of benzene rings is 1. The first-order valence-electron chi connectivity index (χ1n) is 4.25. The fourth-order valence-electron chi connectivity index (χ4n) is 1.66. The van der Waals surface area contributed by atoms with Crippen LogP contribution in [-0.4, -0.2) is 6.61 Å². The maximum Gasteiger partial charge on any atom is 0.123 e. The van der Waals surface area contributed by atoms with Crippen LogP contribution in [0.15, 0.2) is 18.2 Å². The highest BCUT2D eigenvalue weighted by Crippen LogP contribution is 2.28. The lowest BCUT2D eigenvalue weighted by molar-refractivity contribution is 0.0596. The molecule has 0 saturated carbocycles. The van der Waals surface area contributed by atoms with E-state index in [1.165, 1.54) is 12.1 Å². The first kappa shape index (κ1) is 8.66. The van der Waals surface area contributed by atoms with Crippen molar-refractivity contribution in [3.8, 4) is 0 Å². The van der Waals surface area contributed by atoms with Gasteiger partial charge in [0.2, 0.25) is 0 Å². The Hall–Kier alpha value is -0.930. The Morgan fingerprint density at radius 2 is 2.31 bits per heavy atom. The molecule has 70 valence electrons. The molecule has 1 unspecified atom stereocenters. The molecule has 1 aromatic carbocycles. The number of hydrogen-bond donors (Lipinski definition) is 1. The molecule has 0 bridgehead atoms. The fourth-order valence-corrected chi connectivity index (χ4v) is 1.66. The molecule has 1 aliphatic rings. The number of ether oxygens (including phenoxy) is 1. The third kappa shape index (κ3) is 1.45. The van der Waals surface area contributed by atoms with Crippen molar-refractivity contribution in [2.45, 2.75) is 19.1 Å². The quantitative estimate of drug-likeness (QED) is 0.658. The van der Waals surface area contributed by atoms with Crippen molar-refractivity contribution in [1.82, 2.24) is 0 Å². The average molecular weight is 181 g/mol. The van der Waals surface area contributed by atoms with Crippen LogP contribution < -0.4 is 5.73 Å². The first-order valence-corrected chi connectivity index (χ1v) is 4.25. The van der Waals surface area contributed by atoms with Crippen LogP contribution in [-0.2, 0) is 16.9 Å². The molecule has 1 heterocycles.